The van der Waals surface area contributed by atoms with Crippen molar-refractivity contribution in [2.45, 2.75) is 45.4 Å². The molecule has 2 aromatic rings. The zero-order valence-electron chi connectivity index (χ0n) is 14.5. The van der Waals surface area contributed by atoms with E-state index in [0.717, 1.165) is 47.6 Å². The fraction of sp³-hybridized carbons (Fsp3) is 0.550. The second-order valence-electron chi connectivity index (χ2n) is 8.43. The van der Waals surface area contributed by atoms with Gasteiger partial charge in [-0.25, -0.2) is 0 Å². The van der Waals surface area contributed by atoms with Crippen molar-refractivity contribution < 1.29 is 4.79 Å². The Hall–Kier alpha value is -1.75. The summed E-state index contributed by atoms with van der Waals surface area (Å²) in [7, 11) is 0. The number of nitrogens with one attached hydrogen (secondary N) is 1. The zero-order chi connectivity index (χ0) is 17.0. The highest BCUT2D eigenvalue weighted by molar-refractivity contribution is 7.18. The molecule has 0 saturated heterocycles. The average Bonchev–Trinajstić information content (AvgIpc) is 3.03. The van der Waals surface area contributed by atoms with E-state index in [9.17, 15) is 4.79 Å². The molecule has 0 aliphatic heterocycles. The molecule has 4 bridgehead atoms. The highest BCUT2D eigenvalue weighted by atomic mass is 32.1. The fourth-order valence-electron chi connectivity index (χ4n) is 5.70. The van der Waals surface area contributed by atoms with Crippen LogP contribution in [0.1, 0.15) is 44.1 Å². The predicted molar refractivity (Wildman–Crippen MR) is 99.3 cm³/mol. The van der Waals surface area contributed by atoms with Crippen LogP contribution in [0.25, 0.3) is 10.6 Å². The molecule has 1 N–H and O–H groups in total. The van der Waals surface area contributed by atoms with Crippen LogP contribution in [0.3, 0.4) is 0 Å². The van der Waals surface area contributed by atoms with Crippen molar-refractivity contribution in [1.29, 1.82) is 0 Å². The molecule has 5 heteroatoms. The van der Waals surface area contributed by atoms with E-state index in [0.29, 0.717) is 5.13 Å². The molecule has 4 fully saturated rings. The van der Waals surface area contributed by atoms with Crippen LogP contribution in [-0.4, -0.2) is 16.1 Å². The molecule has 1 amide bonds. The summed E-state index contributed by atoms with van der Waals surface area (Å²) in [5, 5.41) is 13.1. The number of hydrogen-bond donors (Lipinski definition) is 1. The second kappa shape index (κ2) is 5.63. The molecular formula is C20H23N3OS. The van der Waals surface area contributed by atoms with Gasteiger partial charge in [-0.2, -0.15) is 0 Å². The van der Waals surface area contributed by atoms with Crippen molar-refractivity contribution in [1.82, 2.24) is 10.2 Å². The predicted octanol–water partition coefficient (Wildman–Crippen LogP) is 4.67. The van der Waals surface area contributed by atoms with Gasteiger partial charge in [-0.15, -0.1) is 10.2 Å². The van der Waals surface area contributed by atoms with Gasteiger partial charge in [0.25, 0.3) is 0 Å². The lowest BCUT2D eigenvalue weighted by molar-refractivity contribution is -0.140. The van der Waals surface area contributed by atoms with Crippen LogP contribution in [0.2, 0.25) is 0 Å². The highest BCUT2D eigenvalue weighted by Gasteiger charge is 2.54. The Balaban J connectivity index is 1.34. The van der Waals surface area contributed by atoms with E-state index in [-0.39, 0.29) is 11.3 Å². The van der Waals surface area contributed by atoms with Gasteiger partial charge in [0.2, 0.25) is 11.0 Å². The molecule has 4 aliphatic rings. The Labute approximate surface area is 152 Å². The first-order valence-electron chi connectivity index (χ1n) is 9.32. The Morgan fingerprint density at radius 3 is 2.24 bits per heavy atom. The number of hydrogen-bond acceptors (Lipinski definition) is 4. The Morgan fingerprint density at radius 1 is 1.04 bits per heavy atom. The number of nitrogens with zero attached hydrogens (tertiary/aromatic N) is 2. The number of amides is 1. The second-order valence-corrected chi connectivity index (χ2v) is 9.41. The summed E-state index contributed by atoms with van der Waals surface area (Å²) < 4.78 is 0. The molecular weight excluding hydrogens is 330 g/mol. The Kier molecular flexibility index (Phi) is 3.49. The molecule has 4 aliphatic carbocycles. The summed E-state index contributed by atoms with van der Waals surface area (Å²) in [4.78, 5) is 13.1. The van der Waals surface area contributed by atoms with Crippen LogP contribution in [-0.2, 0) is 4.79 Å². The van der Waals surface area contributed by atoms with Crippen molar-refractivity contribution in [3.05, 3.63) is 29.8 Å². The third kappa shape index (κ3) is 2.69. The summed E-state index contributed by atoms with van der Waals surface area (Å²) >= 11 is 1.47. The SMILES string of the molecule is Cc1ccc(-c2nnc(NC(=O)C34CC5CC(CC(C5)C3)C4)s2)cc1. The molecule has 4 nitrogen and oxygen atoms in total. The maximum absolute atomic E-state index is 13.1. The normalized spacial score (nSPS) is 32.8. The van der Waals surface area contributed by atoms with Gasteiger partial charge in [0.05, 0.1) is 5.41 Å². The summed E-state index contributed by atoms with van der Waals surface area (Å²) in [6, 6.07) is 8.26. The first-order valence-corrected chi connectivity index (χ1v) is 10.1. The van der Waals surface area contributed by atoms with E-state index in [2.05, 4.69) is 46.7 Å². The molecule has 25 heavy (non-hydrogen) atoms. The number of aromatic nitrogens is 2. The quantitative estimate of drug-likeness (QED) is 0.872. The minimum atomic E-state index is -0.134. The summed E-state index contributed by atoms with van der Waals surface area (Å²) in [6.07, 6.45) is 7.28. The van der Waals surface area contributed by atoms with Crippen LogP contribution in [0, 0.1) is 30.1 Å². The first-order chi connectivity index (χ1) is 12.1. The molecule has 0 spiro atoms. The van der Waals surface area contributed by atoms with Gasteiger partial charge >= 0.3 is 0 Å². The van der Waals surface area contributed by atoms with Crippen LogP contribution in [0.5, 0.6) is 0 Å². The van der Waals surface area contributed by atoms with E-state index < -0.39 is 0 Å². The van der Waals surface area contributed by atoms with E-state index in [1.54, 1.807) is 0 Å². The lowest BCUT2D eigenvalue weighted by atomic mass is 9.49. The standard InChI is InChI=1S/C20H23N3OS/c1-12-2-4-16(5-3-12)17-22-23-19(25-17)21-18(24)20-9-13-6-14(10-20)8-15(7-13)11-20/h2-5,13-15H,6-11H2,1H3,(H,21,23,24). The summed E-state index contributed by atoms with van der Waals surface area (Å²) in [5.41, 5.74) is 2.15. The smallest absolute Gasteiger partial charge is 0.232 e. The Bertz CT molecular complexity index is 775. The number of aryl methyl sites for hydroxylation is 1. The molecule has 1 aromatic heterocycles. The van der Waals surface area contributed by atoms with Gasteiger partial charge in [0, 0.05) is 5.56 Å². The van der Waals surface area contributed by atoms with Crippen LogP contribution in [0.4, 0.5) is 5.13 Å². The van der Waals surface area contributed by atoms with E-state index in [4.69, 9.17) is 0 Å². The van der Waals surface area contributed by atoms with Crippen molar-refractivity contribution in [2.24, 2.45) is 23.2 Å². The molecule has 130 valence electrons. The minimum Gasteiger partial charge on any atom is -0.300 e. The number of rotatable bonds is 3. The number of carbonyl (C=O) groups is 1. The van der Waals surface area contributed by atoms with E-state index >= 15 is 0 Å². The lowest BCUT2D eigenvalue weighted by Crippen LogP contribution is -2.51. The van der Waals surface area contributed by atoms with Gasteiger partial charge in [-0.3, -0.25) is 4.79 Å². The van der Waals surface area contributed by atoms with E-state index in [1.165, 1.54) is 36.2 Å². The van der Waals surface area contributed by atoms with Gasteiger partial charge < -0.3 is 5.32 Å². The van der Waals surface area contributed by atoms with Gasteiger partial charge in [0.1, 0.15) is 5.01 Å². The van der Waals surface area contributed by atoms with Gasteiger partial charge in [0.15, 0.2) is 0 Å². The first kappa shape index (κ1) is 15.5. The summed E-state index contributed by atoms with van der Waals surface area (Å²) in [6.45, 7) is 2.07. The molecule has 1 aromatic carbocycles. The number of benzene rings is 1. The lowest BCUT2D eigenvalue weighted by Gasteiger charge is -2.55. The molecule has 6 rings (SSSR count). The number of anilines is 1. The van der Waals surface area contributed by atoms with Crippen molar-refractivity contribution in [3.63, 3.8) is 0 Å². The minimum absolute atomic E-state index is 0.134. The third-order valence-electron chi connectivity index (χ3n) is 6.46. The molecule has 4 saturated carbocycles. The van der Waals surface area contributed by atoms with Crippen LogP contribution in [0.15, 0.2) is 24.3 Å². The zero-order valence-corrected chi connectivity index (χ0v) is 15.3. The fourth-order valence-corrected chi connectivity index (χ4v) is 6.45. The van der Waals surface area contributed by atoms with Gasteiger partial charge in [-0.05, 0) is 63.2 Å². The molecule has 0 unspecified atom stereocenters. The van der Waals surface area contributed by atoms with Crippen molar-refractivity contribution in [2.75, 3.05) is 5.32 Å². The highest BCUT2D eigenvalue weighted by Crippen LogP contribution is 2.60. The monoisotopic (exact) mass is 353 g/mol. The largest absolute Gasteiger partial charge is 0.300 e. The maximum Gasteiger partial charge on any atom is 0.232 e. The van der Waals surface area contributed by atoms with Crippen molar-refractivity contribution >= 4 is 22.4 Å². The van der Waals surface area contributed by atoms with Crippen LogP contribution >= 0.6 is 11.3 Å². The molecule has 0 atom stereocenters. The molecule has 1 heterocycles. The van der Waals surface area contributed by atoms with Crippen LogP contribution < -0.4 is 5.32 Å². The maximum atomic E-state index is 13.1. The third-order valence-corrected chi connectivity index (χ3v) is 7.35. The van der Waals surface area contributed by atoms with E-state index in [1.807, 2.05) is 0 Å². The summed E-state index contributed by atoms with van der Waals surface area (Å²) in [5.74, 6) is 2.51. The Morgan fingerprint density at radius 2 is 1.64 bits per heavy atom. The topological polar surface area (TPSA) is 54.9 Å². The van der Waals surface area contributed by atoms with Crippen molar-refractivity contribution in [3.8, 4) is 10.6 Å². The molecule has 0 radical (unpaired) electrons. The van der Waals surface area contributed by atoms with Gasteiger partial charge in [-0.1, -0.05) is 41.2 Å². The average molecular weight is 353 g/mol. The number of carbonyl (C=O) groups excluding carboxylic acids is 1.